The highest BCUT2D eigenvalue weighted by Gasteiger charge is 2.55. The topological polar surface area (TPSA) is 39.1 Å². The van der Waals surface area contributed by atoms with Gasteiger partial charge in [-0.2, -0.15) is 5.10 Å². The molecule has 4 heteroatoms. The van der Waals surface area contributed by atoms with Crippen molar-refractivity contribution in [1.82, 2.24) is 15.1 Å². The van der Waals surface area contributed by atoms with Crippen LogP contribution in [0.4, 0.5) is 0 Å². The molecule has 1 aromatic rings. The van der Waals surface area contributed by atoms with Gasteiger partial charge in [-0.25, -0.2) is 0 Å². The van der Waals surface area contributed by atoms with Gasteiger partial charge in [-0.05, 0) is 33.7 Å². The maximum absolute atomic E-state index is 6.34. The molecule has 21 heavy (non-hydrogen) atoms. The first kappa shape index (κ1) is 14.9. The summed E-state index contributed by atoms with van der Waals surface area (Å²) in [4.78, 5) is 0. The van der Waals surface area contributed by atoms with Crippen LogP contribution in [0.3, 0.4) is 0 Å². The van der Waals surface area contributed by atoms with E-state index >= 15 is 0 Å². The maximum Gasteiger partial charge on any atom is 0.157 e. The minimum Gasteiger partial charge on any atom is -0.486 e. The summed E-state index contributed by atoms with van der Waals surface area (Å²) in [7, 11) is 2.10. The van der Waals surface area contributed by atoms with Crippen LogP contribution in [0.5, 0.6) is 5.75 Å². The smallest absolute Gasteiger partial charge is 0.157 e. The molecule has 0 radical (unpaired) electrons. The van der Waals surface area contributed by atoms with Crippen LogP contribution in [-0.4, -0.2) is 29.0 Å². The lowest BCUT2D eigenvalue weighted by atomic mass is 9.58. The fourth-order valence-corrected chi connectivity index (χ4v) is 4.20. The van der Waals surface area contributed by atoms with Crippen molar-refractivity contribution < 1.29 is 4.74 Å². The van der Waals surface area contributed by atoms with Crippen molar-refractivity contribution in [1.29, 1.82) is 0 Å². The third-order valence-electron chi connectivity index (χ3n) is 5.55. The molecular weight excluding hydrogens is 262 g/mol. The summed E-state index contributed by atoms with van der Waals surface area (Å²) >= 11 is 0. The molecule has 0 amide bonds. The molecular formula is C17H29N3O. The van der Waals surface area contributed by atoms with E-state index in [2.05, 4.69) is 31.3 Å². The first-order valence-electron chi connectivity index (χ1n) is 8.54. The van der Waals surface area contributed by atoms with Crippen LogP contribution >= 0.6 is 0 Å². The van der Waals surface area contributed by atoms with Gasteiger partial charge in [-0.1, -0.05) is 25.7 Å². The summed E-state index contributed by atoms with van der Waals surface area (Å²) in [6, 6.07) is 1.02. The van der Waals surface area contributed by atoms with E-state index < -0.39 is 0 Å². The lowest BCUT2D eigenvalue weighted by molar-refractivity contribution is -0.0882. The Kier molecular flexibility index (Phi) is 4.25. The molecule has 2 aliphatic rings. The van der Waals surface area contributed by atoms with Crippen LogP contribution in [0.25, 0.3) is 0 Å². The van der Waals surface area contributed by atoms with E-state index in [0.29, 0.717) is 23.6 Å². The second-order valence-electron chi connectivity index (χ2n) is 7.08. The minimum atomic E-state index is 0.352. The van der Waals surface area contributed by atoms with Crippen molar-refractivity contribution in [3.63, 3.8) is 0 Å². The SMILES string of the molecule is CNC1CC(Oc2cnn(C(C)C)c2)C12CCCCCC2. The van der Waals surface area contributed by atoms with Crippen LogP contribution in [0.1, 0.15) is 64.8 Å². The number of hydrogen-bond acceptors (Lipinski definition) is 3. The summed E-state index contributed by atoms with van der Waals surface area (Å²) in [5.74, 6) is 0.937. The van der Waals surface area contributed by atoms with Gasteiger partial charge in [0.2, 0.25) is 0 Å². The standard InChI is InChI=1S/C17H29N3O/c1-13(2)20-12-14(11-19-20)21-16-10-15(18-3)17(16)8-6-4-5-7-9-17/h11-13,15-16,18H,4-10H2,1-3H3. The van der Waals surface area contributed by atoms with Crippen molar-refractivity contribution in [2.24, 2.45) is 5.41 Å². The molecule has 3 rings (SSSR count). The molecule has 1 N–H and O–H groups in total. The van der Waals surface area contributed by atoms with Crippen molar-refractivity contribution in [3.05, 3.63) is 12.4 Å². The molecule has 0 saturated heterocycles. The maximum atomic E-state index is 6.34. The Morgan fingerprint density at radius 3 is 2.57 bits per heavy atom. The van der Waals surface area contributed by atoms with E-state index in [9.17, 15) is 0 Å². The molecule has 2 fully saturated rings. The predicted molar refractivity (Wildman–Crippen MR) is 84.6 cm³/mol. The Labute approximate surface area is 128 Å². The number of ether oxygens (including phenoxy) is 1. The van der Waals surface area contributed by atoms with E-state index in [0.717, 1.165) is 12.2 Å². The molecule has 2 saturated carbocycles. The first-order valence-corrected chi connectivity index (χ1v) is 8.54. The average Bonchev–Trinajstić information content (AvgIpc) is 2.77. The van der Waals surface area contributed by atoms with Crippen LogP contribution in [-0.2, 0) is 0 Å². The second-order valence-corrected chi connectivity index (χ2v) is 7.08. The fourth-order valence-electron chi connectivity index (χ4n) is 4.20. The number of nitrogens with zero attached hydrogens (tertiary/aromatic N) is 2. The van der Waals surface area contributed by atoms with Crippen LogP contribution < -0.4 is 10.1 Å². The average molecular weight is 291 g/mol. The molecule has 2 aliphatic carbocycles. The molecule has 0 aliphatic heterocycles. The Balaban J connectivity index is 1.71. The third-order valence-corrected chi connectivity index (χ3v) is 5.55. The highest BCUT2D eigenvalue weighted by atomic mass is 16.5. The van der Waals surface area contributed by atoms with E-state index in [1.165, 1.54) is 38.5 Å². The second kappa shape index (κ2) is 5.99. The zero-order valence-corrected chi connectivity index (χ0v) is 13.6. The quantitative estimate of drug-likeness (QED) is 0.922. The van der Waals surface area contributed by atoms with Gasteiger partial charge >= 0.3 is 0 Å². The third kappa shape index (κ3) is 2.70. The summed E-state index contributed by atoms with van der Waals surface area (Å²) in [6.45, 7) is 4.29. The van der Waals surface area contributed by atoms with Gasteiger partial charge < -0.3 is 10.1 Å². The monoisotopic (exact) mass is 291 g/mol. The molecule has 2 atom stereocenters. The van der Waals surface area contributed by atoms with Gasteiger partial charge in [0, 0.05) is 23.9 Å². The molecule has 0 aromatic carbocycles. The van der Waals surface area contributed by atoms with E-state index in [1.54, 1.807) is 0 Å². The molecule has 1 aromatic heterocycles. The van der Waals surface area contributed by atoms with E-state index in [4.69, 9.17) is 4.74 Å². The van der Waals surface area contributed by atoms with Gasteiger partial charge in [0.15, 0.2) is 5.75 Å². The van der Waals surface area contributed by atoms with Crippen molar-refractivity contribution in [2.75, 3.05) is 7.05 Å². The Morgan fingerprint density at radius 2 is 2.00 bits per heavy atom. The van der Waals surface area contributed by atoms with Gasteiger partial charge in [0.25, 0.3) is 0 Å². The zero-order valence-electron chi connectivity index (χ0n) is 13.6. The highest BCUT2D eigenvalue weighted by molar-refractivity contribution is 5.17. The van der Waals surface area contributed by atoms with E-state index in [1.807, 2.05) is 17.1 Å². The van der Waals surface area contributed by atoms with Crippen molar-refractivity contribution in [2.45, 2.75) is 77.0 Å². The Bertz CT molecular complexity index is 460. The highest BCUT2D eigenvalue weighted by Crippen LogP contribution is 2.52. The van der Waals surface area contributed by atoms with Crippen LogP contribution in [0.15, 0.2) is 12.4 Å². The molecule has 0 bridgehead atoms. The molecule has 1 spiro atoms. The molecule has 1 heterocycles. The van der Waals surface area contributed by atoms with Gasteiger partial charge in [0.1, 0.15) is 6.10 Å². The Morgan fingerprint density at radius 1 is 1.29 bits per heavy atom. The largest absolute Gasteiger partial charge is 0.486 e. The molecule has 2 unspecified atom stereocenters. The predicted octanol–water partition coefficient (Wildman–Crippen LogP) is 3.54. The summed E-state index contributed by atoms with van der Waals surface area (Å²) in [5.41, 5.74) is 0.352. The lowest BCUT2D eigenvalue weighted by Crippen LogP contribution is -2.64. The van der Waals surface area contributed by atoms with E-state index in [-0.39, 0.29) is 0 Å². The number of rotatable bonds is 4. The lowest BCUT2D eigenvalue weighted by Gasteiger charge is -2.55. The molecule has 4 nitrogen and oxygen atoms in total. The zero-order chi connectivity index (χ0) is 14.9. The summed E-state index contributed by atoms with van der Waals surface area (Å²) in [5, 5.41) is 7.92. The number of nitrogens with one attached hydrogen (secondary N) is 1. The van der Waals surface area contributed by atoms with Gasteiger partial charge in [0.05, 0.1) is 12.4 Å². The van der Waals surface area contributed by atoms with Crippen molar-refractivity contribution in [3.8, 4) is 5.75 Å². The molecule has 118 valence electrons. The Hall–Kier alpha value is -1.03. The minimum absolute atomic E-state index is 0.352. The number of aromatic nitrogens is 2. The number of hydrogen-bond donors (Lipinski definition) is 1. The van der Waals surface area contributed by atoms with Gasteiger partial charge in [-0.3, -0.25) is 4.68 Å². The summed E-state index contributed by atoms with van der Waals surface area (Å²) in [6.07, 6.45) is 13.5. The first-order chi connectivity index (χ1) is 10.2. The fraction of sp³-hybridized carbons (Fsp3) is 0.824. The van der Waals surface area contributed by atoms with Crippen LogP contribution in [0.2, 0.25) is 0 Å². The van der Waals surface area contributed by atoms with Crippen molar-refractivity contribution >= 4 is 0 Å². The summed E-state index contributed by atoms with van der Waals surface area (Å²) < 4.78 is 8.31. The van der Waals surface area contributed by atoms with Gasteiger partial charge in [-0.15, -0.1) is 0 Å². The normalized spacial score (nSPS) is 28.4. The van der Waals surface area contributed by atoms with Crippen LogP contribution in [0, 0.1) is 5.41 Å².